The van der Waals surface area contributed by atoms with Crippen LogP contribution in [0.2, 0.25) is 0 Å². The first-order valence-electron chi connectivity index (χ1n) is 30.9. The van der Waals surface area contributed by atoms with Crippen LogP contribution < -0.4 is 30.9 Å². The molecule has 420 valence electrons. The fourth-order valence-corrected chi connectivity index (χ4v) is 14.6. The third-order valence-electron chi connectivity index (χ3n) is 18.6. The van der Waals surface area contributed by atoms with Crippen molar-refractivity contribution in [1.29, 1.82) is 0 Å². The minimum atomic E-state index is -0.185. The van der Waals surface area contributed by atoms with Crippen molar-refractivity contribution in [3.8, 4) is 67.4 Å². The van der Waals surface area contributed by atoms with Crippen LogP contribution in [0.1, 0.15) is 0 Å². The first kappa shape index (κ1) is 51.4. The van der Waals surface area contributed by atoms with Crippen LogP contribution in [0.3, 0.4) is 0 Å². The second-order valence-electron chi connectivity index (χ2n) is 23.5. The third kappa shape index (κ3) is 8.26. The van der Waals surface area contributed by atoms with Crippen molar-refractivity contribution in [1.82, 2.24) is 9.13 Å². The third-order valence-corrected chi connectivity index (χ3v) is 18.6. The minimum Gasteiger partial charge on any atom is -0.458 e. The summed E-state index contributed by atoms with van der Waals surface area (Å²) >= 11 is 0. The zero-order chi connectivity index (χ0) is 59.2. The van der Waals surface area contributed by atoms with Gasteiger partial charge in [0.1, 0.15) is 11.5 Å². The number of hydrogen-bond acceptors (Lipinski definition) is 3. The molecule has 90 heavy (non-hydrogen) atoms. The molecule has 16 aromatic rings. The zero-order valence-corrected chi connectivity index (χ0v) is 49.0. The van der Waals surface area contributed by atoms with Gasteiger partial charge in [0, 0.05) is 78.5 Å². The van der Waals surface area contributed by atoms with Gasteiger partial charge in [-0.05, 0) is 147 Å². The number of rotatable bonds is 10. The summed E-state index contributed by atoms with van der Waals surface area (Å²) in [6.45, 7) is -0.185. The summed E-state index contributed by atoms with van der Waals surface area (Å²) in [6, 6.07) is 122. The maximum absolute atomic E-state index is 7.60. The van der Waals surface area contributed by atoms with E-state index in [4.69, 9.17) is 4.74 Å². The molecular formula is C84H55BN4O. The average Bonchev–Trinajstić information content (AvgIpc) is 0.923. The number of aromatic nitrogens is 2. The van der Waals surface area contributed by atoms with Gasteiger partial charge in [0.25, 0.3) is 6.71 Å². The largest absolute Gasteiger partial charge is 0.458 e. The van der Waals surface area contributed by atoms with E-state index in [0.717, 1.165) is 123 Å². The van der Waals surface area contributed by atoms with Crippen molar-refractivity contribution < 1.29 is 4.74 Å². The number of nitrogens with zero attached hydrogens (tertiary/aromatic N) is 4. The van der Waals surface area contributed by atoms with Crippen molar-refractivity contribution in [2.75, 3.05) is 9.80 Å². The number of para-hydroxylation sites is 7. The smallest absolute Gasteiger partial charge is 0.256 e. The maximum Gasteiger partial charge on any atom is 0.256 e. The van der Waals surface area contributed by atoms with Gasteiger partial charge in [-0.15, -0.1) is 0 Å². The first-order valence-corrected chi connectivity index (χ1v) is 30.9. The Morgan fingerprint density at radius 3 is 1.24 bits per heavy atom. The van der Waals surface area contributed by atoms with Crippen molar-refractivity contribution in [2.24, 2.45) is 0 Å². The van der Waals surface area contributed by atoms with Crippen LogP contribution in [0.15, 0.2) is 334 Å². The van der Waals surface area contributed by atoms with Gasteiger partial charge in [0.05, 0.1) is 27.8 Å². The number of benzene rings is 14. The molecule has 2 aromatic heterocycles. The van der Waals surface area contributed by atoms with Crippen LogP contribution in [0.5, 0.6) is 11.5 Å². The molecule has 4 heterocycles. The average molecular weight is 1150 g/mol. The second-order valence-corrected chi connectivity index (χ2v) is 23.5. The summed E-state index contributed by atoms with van der Waals surface area (Å²) in [4.78, 5) is 4.90. The van der Waals surface area contributed by atoms with E-state index < -0.39 is 0 Å². The predicted octanol–water partition coefficient (Wildman–Crippen LogP) is 20.4. The van der Waals surface area contributed by atoms with E-state index in [1.165, 1.54) is 38.0 Å². The SMILES string of the molecule is c1ccc(-c2cccc(-c3ccccc3)c2N2c3cc(-c4ccc(N(c5ccccc5)c5ccccc5)cc4)ccc3B3c4ccc(-n5c6ccccc6c6ccccc65)cc4Oc4cc(-c5ccc(-n6c7ccccc7c7ccccc76)cc5)cc2c43)cc1. The van der Waals surface area contributed by atoms with Crippen LogP contribution in [-0.2, 0) is 0 Å². The lowest BCUT2D eigenvalue weighted by Crippen LogP contribution is -2.59. The van der Waals surface area contributed by atoms with Crippen molar-refractivity contribution in [3.05, 3.63) is 334 Å². The molecule has 0 saturated heterocycles. The minimum absolute atomic E-state index is 0.185. The van der Waals surface area contributed by atoms with Crippen molar-refractivity contribution in [3.63, 3.8) is 0 Å². The molecule has 0 N–H and O–H groups in total. The summed E-state index contributed by atoms with van der Waals surface area (Å²) in [6.07, 6.45) is 0. The van der Waals surface area contributed by atoms with E-state index in [1.54, 1.807) is 0 Å². The highest BCUT2D eigenvalue weighted by molar-refractivity contribution is 6.99. The Kier molecular flexibility index (Phi) is 12.0. The highest BCUT2D eigenvalue weighted by Crippen LogP contribution is 2.51. The lowest BCUT2D eigenvalue weighted by atomic mass is 9.34. The molecular weight excluding hydrogens is 1090 g/mol. The van der Waals surface area contributed by atoms with Crippen molar-refractivity contribution in [2.45, 2.75) is 0 Å². The zero-order valence-electron chi connectivity index (χ0n) is 49.0. The second kappa shape index (κ2) is 20.9. The quantitative estimate of drug-likeness (QED) is 0.128. The monoisotopic (exact) mass is 1150 g/mol. The first-order chi connectivity index (χ1) is 44.7. The van der Waals surface area contributed by atoms with Crippen LogP contribution in [0, 0.1) is 0 Å². The van der Waals surface area contributed by atoms with Crippen LogP contribution in [0.25, 0.3) is 99.5 Å². The number of anilines is 6. The van der Waals surface area contributed by atoms with Gasteiger partial charge in [-0.3, -0.25) is 0 Å². The molecule has 14 aromatic carbocycles. The number of hydrogen-bond donors (Lipinski definition) is 0. The molecule has 5 nitrogen and oxygen atoms in total. The number of ether oxygens (including phenoxy) is 1. The molecule has 0 saturated carbocycles. The molecule has 0 amide bonds. The van der Waals surface area contributed by atoms with E-state index in [0.29, 0.717) is 0 Å². The molecule has 2 aliphatic heterocycles. The molecule has 2 aliphatic rings. The van der Waals surface area contributed by atoms with Crippen molar-refractivity contribution >= 4 is 101 Å². The van der Waals surface area contributed by atoms with E-state index >= 15 is 0 Å². The highest BCUT2D eigenvalue weighted by Gasteiger charge is 2.43. The Morgan fingerprint density at radius 2 is 0.700 bits per heavy atom. The normalized spacial score (nSPS) is 12.3. The Labute approximate surface area is 522 Å². The van der Waals surface area contributed by atoms with Gasteiger partial charge in [0.15, 0.2) is 0 Å². The molecule has 0 bridgehead atoms. The summed E-state index contributed by atoms with van der Waals surface area (Å²) in [5.74, 6) is 1.67. The van der Waals surface area contributed by atoms with Gasteiger partial charge in [-0.2, -0.15) is 0 Å². The highest BCUT2D eigenvalue weighted by atomic mass is 16.5. The van der Waals surface area contributed by atoms with E-state index in [2.05, 4.69) is 353 Å². The molecule has 6 heteroatoms. The van der Waals surface area contributed by atoms with E-state index in [1.807, 2.05) is 0 Å². The van der Waals surface area contributed by atoms with Gasteiger partial charge in [-0.25, -0.2) is 0 Å². The Balaban J connectivity index is 0.879. The molecule has 0 unspecified atom stereocenters. The van der Waals surface area contributed by atoms with Crippen LogP contribution in [-0.4, -0.2) is 15.8 Å². The predicted molar refractivity (Wildman–Crippen MR) is 377 cm³/mol. The van der Waals surface area contributed by atoms with E-state index in [9.17, 15) is 0 Å². The molecule has 0 radical (unpaired) electrons. The van der Waals surface area contributed by atoms with Gasteiger partial charge >= 0.3 is 0 Å². The Hall–Kier alpha value is -11.9. The lowest BCUT2D eigenvalue weighted by Gasteiger charge is -2.42. The number of fused-ring (bicyclic) bond motifs is 10. The standard InChI is InChI=1S/C84H55BN4O/c1-5-22-58(23-6-1)67-34-21-35-68(59-24-7-2-8-25-59)84(67)89-79-52-60(56-40-45-64(46-41-56)86(62-26-9-3-10-27-62)63-28-11-4-12-29-63)44-50-73(79)85-74-51-49-66(88-77-38-19-15-32-71(77)72-33-16-20-39-78(72)88)55-81(74)90-82-54-61(53-80(89)83(82)85)57-42-47-65(48-43-57)87-75-36-17-13-30-69(75)70-31-14-18-37-76(70)87/h1-55H. The van der Waals surface area contributed by atoms with Gasteiger partial charge < -0.3 is 23.7 Å². The molecule has 0 atom stereocenters. The van der Waals surface area contributed by atoms with Gasteiger partial charge in [-0.1, -0.05) is 231 Å². The van der Waals surface area contributed by atoms with E-state index in [-0.39, 0.29) is 6.71 Å². The molecule has 18 rings (SSSR count). The molecule has 0 fully saturated rings. The molecule has 0 spiro atoms. The summed E-state index contributed by atoms with van der Waals surface area (Å²) in [5.41, 5.74) is 25.7. The lowest BCUT2D eigenvalue weighted by molar-refractivity contribution is 0.487. The van der Waals surface area contributed by atoms with Crippen LogP contribution >= 0.6 is 0 Å². The Morgan fingerprint density at radius 1 is 0.278 bits per heavy atom. The maximum atomic E-state index is 7.60. The summed E-state index contributed by atoms with van der Waals surface area (Å²) in [7, 11) is 0. The Bertz CT molecular complexity index is 5250. The summed E-state index contributed by atoms with van der Waals surface area (Å²) < 4.78 is 12.4. The van der Waals surface area contributed by atoms with Gasteiger partial charge in [0.2, 0.25) is 0 Å². The fraction of sp³-hybridized carbons (Fsp3) is 0. The molecule has 0 aliphatic carbocycles. The van der Waals surface area contributed by atoms with Crippen LogP contribution in [0.4, 0.5) is 34.1 Å². The fourth-order valence-electron chi connectivity index (χ4n) is 14.6. The summed E-state index contributed by atoms with van der Waals surface area (Å²) in [5, 5.41) is 4.92. The topological polar surface area (TPSA) is 25.6 Å².